The van der Waals surface area contributed by atoms with Crippen LogP contribution in [-0.2, 0) is 14.3 Å². The Balaban J connectivity index is 4.08. The molecule has 16 heavy (non-hydrogen) atoms. The third-order valence-electron chi connectivity index (χ3n) is 2.01. The van der Waals surface area contributed by atoms with Crippen LogP contribution in [0.4, 0.5) is 0 Å². The average molecular weight is 232 g/mol. The largest absolute Gasteiger partial charge is 0.478 e. The molecule has 0 heterocycles. The lowest BCUT2D eigenvalue weighted by Gasteiger charge is -2.23. The number of carboxylic acid groups (broad SMARTS) is 1. The van der Waals surface area contributed by atoms with Gasteiger partial charge in [0.25, 0.3) is 0 Å². The van der Waals surface area contributed by atoms with Crippen molar-refractivity contribution in [1.29, 1.82) is 0 Å². The van der Waals surface area contributed by atoms with Crippen LogP contribution in [0.2, 0.25) is 0 Å². The maximum absolute atomic E-state index is 11.1. The molecule has 0 rings (SSSR count). The van der Waals surface area contributed by atoms with Crippen LogP contribution in [0.5, 0.6) is 0 Å². The van der Waals surface area contributed by atoms with E-state index in [1.165, 1.54) is 6.92 Å². The number of carboxylic acids is 1. The first kappa shape index (κ1) is 14.6. The minimum Gasteiger partial charge on any atom is -0.478 e. The van der Waals surface area contributed by atoms with Crippen molar-refractivity contribution in [2.24, 2.45) is 5.41 Å². The van der Waals surface area contributed by atoms with E-state index in [1.807, 2.05) is 0 Å². The second-order valence-electron chi connectivity index (χ2n) is 3.87. The third kappa shape index (κ3) is 4.90. The van der Waals surface area contributed by atoms with Crippen molar-refractivity contribution in [2.75, 3.05) is 19.8 Å². The molecule has 6 heteroatoms. The van der Waals surface area contributed by atoms with Gasteiger partial charge in [0.05, 0.1) is 19.6 Å². The van der Waals surface area contributed by atoms with Gasteiger partial charge in [-0.15, -0.1) is 0 Å². The van der Waals surface area contributed by atoms with Crippen molar-refractivity contribution in [3.05, 3.63) is 12.2 Å². The summed E-state index contributed by atoms with van der Waals surface area (Å²) in [6.07, 6.45) is -0.414. The van der Waals surface area contributed by atoms with E-state index in [1.54, 1.807) is 0 Å². The SMILES string of the molecule is C=C(CC(=O)OCC(C)(CO)CO)C(=O)O. The Bertz CT molecular complexity index is 279. The predicted octanol–water partition coefficient (Wildman–Crippen LogP) is -0.449. The van der Waals surface area contributed by atoms with Gasteiger partial charge in [0.15, 0.2) is 0 Å². The zero-order valence-electron chi connectivity index (χ0n) is 9.10. The highest BCUT2D eigenvalue weighted by Crippen LogP contribution is 2.15. The number of rotatable bonds is 7. The molecule has 0 saturated heterocycles. The van der Waals surface area contributed by atoms with Crippen LogP contribution in [0.3, 0.4) is 0 Å². The molecule has 0 fully saturated rings. The number of aliphatic hydroxyl groups excluding tert-OH is 2. The van der Waals surface area contributed by atoms with Crippen molar-refractivity contribution in [2.45, 2.75) is 13.3 Å². The summed E-state index contributed by atoms with van der Waals surface area (Å²) in [6.45, 7) is 3.87. The molecule has 0 saturated carbocycles. The first-order valence-corrected chi connectivity index (χ1v) is 4.63. The van der Waals surface area contributed by atoms with E-state index in [-0.39, 0.29) is 25.4 Å². The molecule has 0 aromatic rings. The standard InChI is InChI=1S/C10H16O6/c1-7(9(14)15)3-8(13)16-6-10(2,4-11)5-12/h11-12H,1,3-6H2,2H3,(H,14,15). The van der Waals surface area contributed by atoms with Crippen molar-refractivity contribution in [1.82, 2.24) is 0 Å². The van der Waals surface area contributed by atoms with E-state index in [4.69, 9.17) is 20.1 Å². The number of ether oxygens (including phenoxy) is 1. The molecule has 0 spiro atoms. The van der Waals surface area contributed by atoms with Gasteiger partial charge in [-0.05, 0) is 0 Å². The van der Waals surface area contributed by atoms with Crippen molar-refractivity contribution in [3.8, 4) is 0 Å². The molecule has 0 aromatic heterocycles. The van der Waals surface area contributed by atoms with Gasteiger partial charge < -0.3 is 20.1 Å². The van der Waals surface area contributed by atoms with E-state index in [2.05, 4.69) is 6.58 Å². The fraction of sp³-hybridized carbons (Fsp3) is 0.600. The molecule has 0 aliphatic carbocycles. The Labute approximate surface area is 93.2 Å². The molecule has 3 N–H and O–H groups in total. The monoisotopic (exact) mass is 232 g/mol. The number of hydrogen-bond acceptors (Lipinski definition) is 5. The van der Waals surface area contributed by atoms with E-state index >= 15 is 0 Å². The van der Waals surface area contributed by atoms with Gasteiger partial charge in [-0.1, -0.05) is 13.5 Å². The summed E-state index contributed by atoms with van der Waals surface area (Å²) in [5.74, 6) is -2.01. The van der Waals surface area contributed by atoms with Crippen LogP contribution in [0.15, 0.2) is 12.2 Å². The average Bonchev–Trinajstić information content (AvgIpc) is 2.25. The highest BCUT2D eigenvalue weighted by Gasteiger charge is 2.25. The number of aliphatic hydroxyl groups is 2. The summed E-state index contributed by atoms with van der Waals surface area (Å²) in [6, 6.07) is 0. The smallest absolute Gasteiger partial charge is 0.331 e. The second-order valence-corrected chi connectivity index (χ2v) is 3.87. The van der Waals surface area contributed by atoms with Crippen LogP contribution in [-0.4, -0.2) is 47.1 Å². The number of carbonyl (C=O) groups excluding carboxylic acids is 1. The highest BCUT2D eigenvalue weighted by atomic mass is 16.5. The Kier molecular flexibility index (Phi) is 5.69. The Morgan fingerprint density at radius 3 is 2.19 bits per heavy atom. The molecule has 0 unspecified atom stereocenters. The molecule has 0 atom stereocenters. The molecule has 0 aromatic carbocycles. The van der Waals surface area contributed by atoms with Gasteiger partial charge in [0, 0.05) is 11.0 Å². The number of carbonyl (C=O) groups is 2. The summed E-state index contributed by atoms with van der Waals surface area (Å²) >= 11 is 0. The van der Waals surface area contributed by atoms with Crippen LogP contribution >= 0.6 is 0 Å². The van der Waals surface area contributed by atoms with Gasteiger partial charge in [-0.3, -0.25) is 4.79 Å². The molecule has 0 amide bonds. The quantitative estimate of drug-likeness (QED) is 0.406. The second kappa shape index (κ2) is 6.24. The van der Waals surface area contributed by atoms with Gasteiger partial charge in [0.1, 0.15) is 6.61 Å². The predicted molar refractivity (Wildman–Crippen MR) is 54.6 cm³/mol. The summed E-state index contributed by atoms with van der Waals surface area (Å²) < 4.78 is 4.73. The van der Waals surface area contributed by atoms with Gasteiger partial charge in [-0.2, -0.15) is 0 Å². The van der Waals surface area contributed by atoms with Crippen molar-refractivity contribution < 1.29 is 29.6 Å². The van der Waals surface area contributed by atoms with E-state index in [9.17, 15) is 9.59 Å². The first-order chi connectivity index (χ1) is 7.34. The minimum atomic E-state index is -1.26. The third-order valence-corrected chi connectivity index (χ3v) is 2.01. The molecule has 92 valence electrons. The number of esters is 1. The molecule has 6 nitrogen and oxygen atoms in total. The maximum Gasteiger partial charge on any atom is 0.331 e. The summed E-state index contributed by atoms with van der Waals surface area (Å²) in [5.41, 5.74) is -1.18. The van der Waals surface area contributed by atoms with Gasteiger partial charge in [0.2, 0.25) is 0 Å². The van der Waals surface area contributed by atoms with Crippen LogP contribution < -0.4 is 0 Å². The topological polar surface area (TPSA) is 104 Å². The first-order valence-electron chi connectivity index (χ1n) is 4.63. The van der Waals surface area contributed by atoms with E-state index in [0.717, 1.165) is 0 Å². The van der Waals surface area contributed by atoms with Gasteiger partial charge >= 0.3 is 11.9 Å². The lowest BCUT2D eigenvalue weighted by Crippen LogP contribution is -2.32. The molecular formula is C10H16O6. The van der Waals surface area contributed by atoms with Gasteiger partial charge in [-0.25, -0.2) is 4.79 Å². The van der Waals surface area contributed by atoms with Crippen LogP contribution in [0.25, 0.3) is 0 Å². The zero-order chi connectivity index (χ0) is 12.8. The molecule has 0 bridgehead atoms. The van der Waals surface area contributed by atoms with Crippen LogP contribution in [0, 0.1) is 5.41 Å². The lowest BCUT2D eigenvalue weighted by atomic mass is 9.94. The summed E-state index contributed by atoms with van der Waals surface area (Å²) in [7, 11) is 0. The van der Waals surface area contributed by atoms with Crippen molar-refractivity contribution >= 4 is 11.9 Å². The minimum absolute atomic E-state index is 0.175. The van der Waals surface area contributed by atoms with E-state index < -0.39 is 23.8 Å². The zero-order valence-corrected chi connectivity index (χ0v) is 9.10. The fourth-order valence-corrected chi connectivity index (χ4v) is 0.697. The Morgan fingerprint density at radius 2 is 1.81 bits per heavy atom. The Hall–Kier alpha value is -1.40. The summed E-state index contributed by atoms with van der Waals surface area (Å²) in [4.78, 5) is 21.5. The molecule has 0 aliphatic heterocycles. The maximum atomic E-state index is 11.1. The fourth-order valence-electron chi connectivity index (χ4n) is 0.697. The van der Waals surface area contributed by atoms with Crippen molar-refractivity contribution in [3.63, 3.8) is 0 Å². The highest BCUT2D eigenvalue weighted by molar-refractivity contribution is 5.91. The van der Waals surface area contributed by atoms with Crippen LogP contribution in [0.1, 0.15) is 13.3 Å². The Morgan fingerprint density at radius 1 is 1.31 bits per heavy atom. The number of aliphatic carboxylic acids is 1. The summed E-state index contributed by atoms with van der Waals surface area (Å²) in [5, 5.41) is 26.3. The lowest BCUT2D eigenvalue weighted by molar-refractivity contribution is -0.149. The normalized spacial score (nSPS) is 10.9. The molecular weight excluding hydrogens is 216 g/mol. The number of hydrogen-bond donors (Lipinski definition) is 3. The molecule has 0 radical (unpaired) electrons. The molecule has 0 aliphatic rings. The van der Waals surface area contributed by atoms with E-state index in [0.29, 0.717) is 0 Å².